The molecular formula is C19H19FN4O3. The number of nitrogens with one attached hydrogen (secondary N) is 1. The summed E-state index contributed by atoms with van der Waals surface area (Å²) in [6, 6.07) is 6.01. The molecule has 4 rings (SSSR count). The molecule has 140 valence electrons. The molecule has 2 aromatic heterocycles. The number of halogens is 1. The Morgan fingerprint density at radius 2 is 2.33 bits per heavy atom. The normalized spacial score (nSPS) is 19.6. The summed E-state index contributed by atoms with van der Waals surface area (Å²) >= 11 is 0. The van der Waals surface area contributed by atoms with E-state index in [2.05, 4.69) is 20.2 Å². The molecule has 0 saturated carbocycles. The fourth-order valence-electron chi connectivity index (χ4n) is 3.46. The van der Waals surface area contributed by atoms with Crippen molar-refractivity contribution in [1.29, 1.82) is 0 Å². The maximum absolute atomic E-state index is 13.3. The molecule has 1 aromatic carbocycles. The van der Waals surface area contributed by atoms with Crippen molar-refractivity contribution in [2.75, 3.05) is 25.1 Å². The number of benzene rings is 1. The van der Waals surface area contributed by atoms with Crippen LogP contribution >= 0.6 is 0 Å². The largest absolute Gasteiger partial charge is 0.463 e. The van der Waals surface area contributed by atoms with Gasteiger partial charge in [-0.1, -0.05) is 0 Å². The number of carbonyl (C=O) groups is 1. The Hall–Kier alpha value is -3.00. The Balaban J connectivity index is 1.48. The Labute approximate surface area is 155 Å². The van der Waals surface area contributed by atoms with Crippen LogP contribution in [0, 0.1) is 5.82 Å². The lowest BCUT2D eigenvalue weighted by atomic mass is 10.1. The highest BCUT2D eigenvalue weighted by Gasteiger charge is 2.33. The van der Waals surface area contributed by atoms with E-state index in [1.165, 1.54) is 24.7 Å². The van der Waals surface area contributed by atoms with Crippen LogP contribution in [-0.2, 0) is 4.74 Å². The number of fused-ring (bicyclic) bond motifs is 1. The first-order chi connectivity index (χ1) is 13.2. The Morgan fingerprint density at radius 3 is 3.11 bits per heavy atom. The fraction of sp³-hybridized carbons (Fsp3) is 0.316. The predicted octanol–water partition coefficient (Wildman–Crippen LogP) is 2.39. The highest BCUT2D eigenvalue weighted by molar-refractivity contribution is 6.05. The minimum atomic E-state index is -0.402. The molecule has 0 unspecified atom stereocenters. The molecular weight excluding hydrogens is 351 g/mol. The van der Waals surface area contributed by atoms with Crippen LogP contribution in [0.15, 0.2) is 47.5 Å². The predicted molar refractivity (Wildman–Crippen MR) is 97.1 cm³/mol. The van der Waals surface area contributed by atoms with E-state index < -0.39 is 5.82 Å². The van der Waals surface area contributed by atoms with E-state index >= 15 is 0 Å². The van der Waals surface area contributed by atoms with Gasteiger partial charge in [-0.25, -0.2) is 14.4 Å². The molecule has 3 aromatic rings. The van der Waals surface area contributed by atoms with E-state index in [1.54, 1.807) is 19.4 Å². The third kappa shape index (κ3) is 3.48. The molecule has 7 nitrogen and oxygen atoms in total. The van der Waals surface area contributed by atoms with E-state index in [0.717, 1.165) is 12.2 Å². The van der Waals surface area contributed by atoms with Crippen molar-refractivity contribution < 1.29 is 18.3 Å². The third-order valence-electron chi connectivity index (χ3n) is 4.85. The molecule has 0 spiro atoms. The number of ether oxygens (including phenoxy) is 1. The van der Waals surface area contributed by atoms with Gasteiger partial charge in [0.25, 0.3) is 5.91 Å². The minimum Gasteiger partial charge on any atom is -0.463 e. The van der Waals surface area contributed by atoms with Gasteiger partial charge in [-0.15, -0.1) is 0 Å². The topological polar surface area (TPSA) is 80.5 Å². The molecule has 1 aliphatic heterocycles. The molecule has 27 heavy (non-hydrogen) atoms. The summed E-state index contributed by atoms with van der Waals surface area (Å²) in [6.07, 6.45) is 5.39. The van der Waals surface area contributed by atoms with Crippen molar-refractivity contribution in [2.24, 2.45) is 0 Å². The number of amides is 1. The van der Waals surface area contributed by atoms with Gasteiger partial charge in [-0.3, -0.25) is 4.79 Å². The van der Waals surface area contributed by atoms with E-state index in [1.807, 2.05) is 6.07 Å². The lowest BCUT2D eigenvalue weighted by Crippen LogP contribution is -2.40. The summed E-state index contributed by atoms with van der Waals surface area (Å²) in [4.78, 5) is 23.0. The summed E-state index contributed by atoms with van der Waals surface area (Å²) in [5, 5.41) is 3.53. The highest BCUT2D eigenvalue weighted by atomic mass is 19.1. The molecule has 3 heterocycles. The summed E-state index contributed by atoms with van der Waals surface area (Å²) in [6.45, 7) is 1.12. The maximum Gasteiger partial charge on any atom is 0.255 e. The first kappa shape index (κ1) is 17.4. The molecule has 1 amide bonds. The minimum absolute atomic E-state index is 0.0457. The SMILES string of the molecule is CO[C@H]1C[C@@H](CNC(=O)c2coc3cc(F)ccc23)N(c2ccncn2)C1. The van der Waals surface area contributed by atoms with E-state index in [9.17, 15) is 9.18 Å². The summed E-state index contributed by atoms with van der Waals surface area (Å²) in [5.74, 6) is 0.137. The van der Waals surface area contributed by atoms with Gasteiger partial charge in [-0.05, 0) is 24.6 Å². The summed E-state index contributed by atoms with van der Waals surface area (Å²) < 4.78 is 24.1. The van der Waals surface area contributed by atoms with Gasteiger partial charge in [0.2, 0.25) is 0 Å². The zero-order chi connectivity index (χ0) is 18.8. The smallest absolute Gasteiger partial charge is 0.255 e. The summed E-state index contributed by atoms with van der Waals surface area (Å²) in [7, 11) is 1.68. The van der Waals surface area contributed by atoms with E-state index in [4.69, 9.17) is 9.15 Å². The van der Waals surface area contributed by atoms with Crippen LogP contribution in [0.3, 0.4) is 0 Å². The molecule has 1 N–H and O–H groups in total. The number of methoxy groups -OCH3 is 1. The van der Waals surface area contributed by atoms with Crippen LogP contribution in [0.25, 0.3) is 11.0 Å². The first-order valence-electron chi connectivity index (χ1n) is 8.66. The number of hydrogen-bond acceptors (Lipinski definition) is 6. The number of anilines is 1. The van der Waals surface area contributed by atoms with Crippen molar-refractivity contribution in [1.82, 2.24) is 15.3 Å². The van der Waals surface area contributed by atoms with Crippen molar-refractivity contribution >= 4 is 22.7 Å². The van der Waals surface area contributed by atoms with Crippen molar-refractivity contribution in [3.63, 3.8) is 0 Å². The average Bonchev–Trinajstić information content (AvgIpc) is 3.30. The van der Waals surface area contributed by atoms with Crippen molar-refractivity contribution in [3.8, 4) is 0 Å². The van der Waals surface area contributed by atoms with Crippen LogP contribution < -0.4 is 10.2 Å². The lowest BCUT2D eigenvalue weighted by molar-refractivity contribution is 0.0947. The molecule has 0 bridgehead atoms. The molecule has 0 aliphatic carbocycles. The van der Waals surface area contributed by atoms with E-state index in [0.29, 0.717) is 29.6 Å². The van der Waals surface area contributed by atoms with Crippen molar-refractivity contribution in [3.05, 3.63) is 54.4 Å². The Kier molecular flexibility index (Phi) is 4.72. The van der Waals surface area contributed by atoms with Gasteiger partial charge in [-0.2, -0.15) is 0 Å². The van der Waals surface area contributed by atoms with Crippen LogP contribution in [0.5, 0.6) is 0 Å². The second-order valence-corrected chi connectivity index (χ2v) is 6.47. The number of rotatable bonds is 5. The first-order valence-corrected chi connectivity index (χ1v) is 8.66. The second-order valence-electron chi connectivity index (χ2n) is 6.47. The van der Waals surface area contributed by atoms with Crippen LogP contribution in [0.4, 0.5) is 10.2 Å². The molecule has 1 fully saturated rings. The number of hydrogen-bond donors (Lipinski definition) is 1. The Bertz CT molecular complexity index is 947. The van der Waals surface area contributed by atoms with Gasteiger partial charge >= 0.3 is 0 Å². The lowest BCUT2D eigenvalue weighted by Gasteiger charge is -2.25. The number of aromatic nitrogens is 2. The zero-order valence-electron chi connectivity index (χ0n) is 14.8. The monoisotopic (exact) mass is 370 g/mol. The molecule has 8 heteroatoms. The molecule has 1 saturated heterocycles. The van der Waals surface area contributed by atoms with Crippen molar-refractivity contribution in [2.45, 2.75) is 18.6 Å². The molecule has 2 atom stereocenters. The standard InChI is InChI=1S/C19H19FN4O3/c1-26-14-7-13(24(9-14)18-4-5-21-11-23-18)8-22-19(25)16-10-27-17-6-12(20)2-3-15(16)17/h2-6,10-11,13-14H,7-9H2,1H3,(H,22,25)/t13-,14-/m0/s1. The van der Waals surface area contributed by atoms with Gasteiger partial charge in [0, 0.05) is 37.8 Å². The maximum atomic E-state index is 13.3. The number of furan rings is 1. The van der Waals surface area contributed by atoms with Gasteiger partial charge in [0.05, 0.1) is 17.7 Å². The van der Waals surface area contributed by atoms with Crippen LogP contribution in [-0.4, -0.2) is 48.2 Å². The second kappa shape index (κ2) is 7.32. The fourth-order valence-corrected chi connectivity index (χ4v) is 3.46. The molecule has 0 radical (unpaired) electrons. The highest BCUT2D eigenvalue weighted by Crippen LogP contribution is 2.25. The quantitative estimate of drug-likeness (QED) is 0.743. The van der Waals surface area contributed by atoms with Gasteiger partial charge in [0.15, 0.2) is 0 Å². The molecule has 1 aliphatic rings. The number of nitrogens with zero attached hydrogens (tertiary/aromatic N) is 3. The van der Waals surface area contributed by atoms with Crippen LogP contribution in [0.1, 0.15) is 16.8 Å². The summed E-state index contributed by atoms with van der Waals surface area (Å²) in [5.41, 5.74) is 0.739. The van der Waals surface area contributed by atoms with E-state index in [-0.39, 0.29) is 18.1 Å². The van der Waals surface area contributed by atoms with Crippen LogP contribution in [0.2, 0.25) is 0 Å². The van der Waals surface area contributed by atoms with Gasteiger partial charge < -0.3 is 19.4 Å². The third-order valence-corrected chi connectivity index (χ3v) is 4.85. The number of carbonyl (C=O) groups excluding carboxylic acids is 1. The zero-order valence-corrected chi connectivity index (χ0v) is 14.8. The Morgan fingerprint density at radius 1 is 1.44 bits per heavy atom. The average molecular weight is 370 g/mol. The van der Waals surface area contributed by atoms with Gasteiger partial charge in [0.1, 0.15) is 29.8 Å².